The topological polar surface area (TPSA) is 75.7 Å². The lowest BCUT2D eigenvalue weighted by Gasteiger charge is -2.24. The first kappa shape index (κ1) is 23.0. The minimum Gasteiger partial charge on any atom is -0.455 e. The lowest BCUT2D eigenvalue weighted by molar-refractivity contribution is 0.0981. The van der Waals surface area contributed by atoms with Crippen molar-refractivity contribution in [1.29, 1.82) is 0 Å². The number of amides is 1. The zero-order valence-corrected chi connectivity index (χ0v) is 20.1. The summed E-state index contributed by atoms with van der Waals surface area (Å²) in [6.45, 7) is 1.15. The zero-order chi connectivity index (χ0) is 24.4. The number of benzene rings is 4. The minimum absolute atomic E-state index is 0.0333. The third-order valence-corrected chi connectivity index (χ3v) is 7.27. The molecule has 1 aliphatic rings. The summed E-state index contributed by atoms with van der Waals surface area (Å²) < 4.78 is 33.2. The van der Waals surface area contributed by atoms with Gasteiger partial charge in [0.15, 0.2) is 5.75 Å². The molecule has 5 rings (SSSR count). The molecular formula is C27H21ClN2O4S. The Kier molecular flexibility index (Phi) is 6.19. The lowest BCUT2D eigenvalue weighted by atomic mass is 10.1. The van der Waals surface area contributed by atoms with Gasteiger partial charge in [0.05, 0.1) is 10.6 Å². The molecule has 4 aromatic rings. The standard InChI is InChI=1S/C27H21ClN2O4S/c28-22-14-15-26-24(16-22)30(18-21-6-4-5-9-25(21)34-26)17-19-10-12-20(13-11-19)27(31)29-35(32,33)23-7-2-1-3-8-23/h1-16H,17-18H2,(H,29,31). The molecular weight excluding hydrogens is 484 g/mol. The Labute approximate surface area is 208 Å². The van der Waals surface area contributed by atoms with Crippen LogP contribution in [0, 0.1) is 0 Å². The van der Waals surface area contributed by atoms with Crippen LogP contribution in [0.5, 0.6) is 11.5 Å². The van der Waals surface area contributed by atoms with Crippen LogP contribution < -0.4 is 14.4 Å². The molecule has 1 N–H and O–H groups in total. The third kappa shape index (κ3) is 5.01. The Hall–Kier alpha value is -3.81. The molecule has 8 heteroatoms. The maximum atomic E-state index is 12.6. The second kappa shape index (κ2) is 9.44. The van der Waals surface area contributed by atoms with Crippen LogP contribution in [0.1, 0.15) is 21.5 Å². The quantitative estimate of drug-likeness (QED) is 0.373. The van der Waals surface area contributed by atoms with Crippen molar-refractivity contribution < 1.29 is 17.9 Å². The van der Waals surface area contributed by atoms with Crippen molar-refractivity contribution in [1.82, 2.24) is 4.72 Å². The first-order chi connectivity index (χ1) is 16.9. The highest BCUT2D eigenvalue weighted by molar-refractivity contribution is 7.90. The Bertz CT molecular complexity index is 1490. The summed E-state index contributed by atoms with van der Waals surface area (Å²) >= 11 is 6.29. The molecule has 1 aliphatic heterocycles. The minimum atomic E-state index is -3.94. The summed E-state index contributed by atoms with van der Waals surface area (Å²) in [6.07, 6.45) is 0. The van der Waals surface area contributed by atoms with Gasteiger partial charge in [-0.1, -0.05) is 60.1 Å². The molecule has 1 amide bonds. The Morgan fingerprint density at radius 1 is 0.886 bits per heavy atom. The Balaban J connectivity index is 1.36. The number of hydrogen-bond donors (Lipinski definition) is 1. The van der Waals surface area contributed by atoms with Gasteiger partial charge in [-0.3, -0.25) is 4.79 Å². The van der Waals surface area contributed by atoms with E-state index in [0.717, 1.165) is 22.6 Å². The molecule has 1 heterocycles. The fourth-order valence-corrected chi connectivity index (χ4v) is 5.09. The van der Waals surface area contributed by atoms with Gasteiger partial charge in [0, 0.05) is 29.2 Å². The largest absolute Gasteiger partial charge is 0.455 e. The second-order valence-electron chi connectivity index (χ2n) is 8.12. The average Bonchev–Trinajstić information content (AvgIpc) is 3.01. The van der Waals surface area contributed by atoms with E-state index in [9.17, 15) is 13.2 Å². The normalized spacial score (nSPS) is 12.7. The second-order valence-corrected chi connectivity index (χ2v) is 10.2. The molecule has 35 heavy (non-hydrogen) atoms. The number of nitrogens with one attached hydrogen (secondary N) is 1. The number of para-hydroxylation sites is 1. The van der Waals surface area contributed by atoms with Gasteiger partial charge in [0.1, 0.15) is 5.75 Å². The van der Waals surface area contributed by atoms with Crippen LogP contribution in [0.4, 0.5) is 5.69 Å². The fourth-order valence-electron chi connectivity index (χ4n) is 3.93. The van der Waals surface area contributed by atoms with E-state index < -0.39 is 15.9 Å². The number of ether oxygens (including phenoxy) is 1. The number of rotatable bonds is 5. The van der Waals surface area contributed by atoms with Crippen LogP contribution in [0.15, 0.2) is 102 Å². The maximum absolute atomic E-state index is 12.6. The van der Waals surface area contributed by atoms with Crippen molar-refractivity contribution in [3.05, 3.63) is 119 Å². The summed E-state index contributed by atoms with van der Waals surface area (Å²) in [6, 6.07) is 28.0. The van der Waals surface area contributed by atoms with Crippen molar-refractivity contribution in [2.24, 2.45) is 0 Å². The van der Waals surface area contributed by atoms with Gasteiger partial charge < -0.3 is 9.64 Å². The highest BCUT2D eigenvalue weighted by Gasteiger charge is 2.22. The van der Waals surface area contributed by atoms with Crippen LogP contribution in [-0.4, -0.2) is 14.3 Å². The van der Waals surface area contributed by atoms with Crippen molar-refractivity contribution in [3.8, 4) is 11.5 Å². The molecule has 176 valence electrons. The number of carbonyl (C=O) groups excluding carboxylic acids is 1. The van der Waals surface area contributed by atoms with Gasteiger partial charge in [-0.05, 0) is 54.1 Å². The van der Waals surface area contributed by atoms with Gasteiger partial charge in [-0.15, -0.1) is 0 Å². The fraction of sp³-hybridized carbons (Fsp3) is 0.0741. The smallest absolute Gasteiger partial charge is 0.264 e. The van der Waals surface area contributed by atoms with E-state index in [4.69, 9.17) is 16.3 Å². The van der Waals surface area contributed by atoms with E-state index in [2.05, 4.69) is 9.62 Å². The number of anilines is 1. The van der Waals surface area contributed by atoms with Crippen LogP contribution in [-0.2, 0) is 23.1 Å². The summed E-state index contributed by atoms with van der Waals surface area (Å²) in [5.41, 5.74) is 3.10. The molecule has 0 aliphatic carbocycles. The Morgan fingerprint density at radius 3 is 2.37 bits per heavy atom. The molecule has 0 saturated heterocycles. The monoisotopic (exact) mass is 504 g/mol. The molecule has 0 spiro atoms. The van der Waals surface area contributed by atoms with Crippen molar-refractivity contribution in [3.63, 3.8) is 0 Å². The molecule has 6 nitrogen and oxygen atoms in total. The summed E-state index contributed by atoms with van der Waals surface area (Å²) in [4.78, 5) is 14.8. The van der Waals surface area contributed by atoms with Crippen molar-refractivity contribution >= 4 is 33.2 Å². The SMILES string of the molecule is O=C(NS(=O)(=O)c1ccccc1)c1ccc(CN2Cc3ccccc3Oc3ccc(Cl)cc32)cc1. The van der Waals surface area contributed by atoms with Crippen LogP contribution in [0.3, 0.4) is 0 Å². The molecule has 0 aromatic heterocycles. The highest BCUT2D eigenvalue weighted by Crippen LogP contribution is 2.40. The molecule has 0 bridgehead atoms. The first-order valence-electron chi connectivity index (χ1n) is 10.9. The molecule has 0 radical (unpaired) electrons. The van der Waals surface area contributed by atoms with Crippen LogP contribution in [0.25, 0.3) is 0 Å². The number of fused-ring (bicyclic) bond motifs is 2. The highest BCUT2D eigenvalue weighted by atomic mass is 35.5. The van der Waals surface area contributed by atoms with Gasteiger partial charge in [-0.2, -0.15) is 0 Å². The molecule has 0 saturated carbocycles. The molecule has 0 fully saturated rings. The predicted molar refractivity (Wildman–Crippen MR) is 135 cm³/mol. The van der Waals surface area contributed by atoms with Gasteiger partial charge in [0.25, 0.3) is 15.9 Å². The number of nitrogens with zero attached hydrogens (tertiary/aromatic N) is 1. The number of halogens is 1. The molecule has 4 aromatic carbocycles. The van der Waals surface area contributed by atoms with E-state index in [-0.39, 0.29) is 10.5 Å². The number of carbonyl (C=O) groups is 1. The van der Waals surface area contributed by atoms with Crippen molar-refractivity contribution in [2.75, 3.05) is 4.90 Å². The van der Waals surface area contributed by atoms with Crippen LogP contribution in [0.2, 0.25) is 5.02 Å². The number of sulfonamides is 1. The van der Waals surface area contributed by atoms with Crippen molar-refractivity contribution in [2.45, 2.75) is 18.0 Å². The molecule has 0 unspecified atom stereocenters. The van der Waals surface area contributed by atoms with E-state index in [1.54, 1.807) is 36.4 Å². The maximum Gasteiger partial charge on any atom is 0.264 e. The third-order valence-electron chi connectivity index (χ3n) is 5.69. The summed E-state index contributed by atoms with van der Waals surface area (Å²) in [5, 5.41) is 0.606. The summed E-state index contributed by atoms with van der Waals surface area (Å²) in [5.74, 6) is 0.821. The summed E-state index contributed by atoms with van der Waals surface area (Å²) in [7, 11) is -3.94. The van der Waals surface area contributed by atoms with E-state index >= 15 is 0 Å². The molecule has 0 atom stereocenters. The Morgan fingerprint density at radius 2 is 1.60 bits per heavy atom. The first-order valence-corrected chi connectivity index (χ1v) is 12.8. The van der Waals surface area contributed by atoms with E-state index in [0.29, 0.717) is 23.9 Å². The zero-order valence-electron chi connectivity index (χ0n) is 18.5. The van der Waals surface area contributed by atoms with Gasteiger partial charge >= 0.3 is 0 Å². The van der Waals surface area contributed by atoms with Gasteiger partial charge in [-0.25, -0.2) is 13.1 Å². The van der Waals surface area contributed by atoms with E-state index in [1.165, 1.54) is 12.1 Å². The number of hydrogen-bond acceptors (Lipinski definition) is 5. The van der Waals surface area contributed by atoms with Crippen LogP contribution >= 0.6 is 11.6 Å². The van der Waals surface area contributed by atoms with Gasteiger partial charge in [0.2, 0.25) is 0 Å². The average molecular weight is 505 g/mol. The predicted octanol–water partition coefficient (Wildman–Crippen LogP) is 5.77. The lowest BCUT2D eigenvalue weighted by Crippen LogP contribution is -2.30. The van der Waals surface area contributed by atoms with E-state index in [1.807, 2.05) is 48.5 Å².